The maximum absolute atomic E-state index is 10.1. The van der Waals surface area contributed by atoms with E-state index < -0.39 is 0 Å². The molecular weight excluding hydrogens is 258 g/mol. The van der Waals surface area contributed by atoms with Crippen molar-refractivity contribution in [3.63, 3.8) is 0 Å². The average Bonchev–Trinajstić information content (AvgIpc) is 2.32. The fraction of sp³-hybridized carbons (Fsp3) is 0.400. The molecule has 0 bridgehead atoms. The van der Waals surface area contributed by atoms with Crippen LogP contribution >= 0.6 is 11.8 Å². The third kappa shape index (κ3) is 2.78. The highest BCUT2D eigenvalue weighted by Crippen LogP contribution is 2.35. The number of phenolic OH excluding ortho intramolecular Hbond substituents is 2. The Kier molecular flexibility index (Phi) is 3.90. The normalized spacial score (nSPS) is 11.7. The lowest BCUT2D eigenvalue weighted by molar-refractivity contribution is -0.693. The van der Waals surface area contributed by atoms with Crippen LogP contribution in [0.1, 0.15) is 33.7 Å². The van der Waals surface area contributed by atoms with Crippen molar-refractivity contribution in [2.75, 3.05) is 0 Å². The number of aromatic hydroxyl groups is 2. The van der Waals surface area contributed by atoms with Gasteiger partial charge in [-0.2, -0.15) is 4.57 Å². The molecule has 2 rings (SSSR count). The lowest BCUT2D eigenvalue weighted by Gasteiger charge is -2.10. The second kappa shape index (κ2) is 5.29. The Hall–Kier alpha value is -1.42. The number of hydrogen-bond acceptors (Lipinski definition) is 3. The summed E-state index contributed by atoms with van der Waals surface area (Å²) in [5.74, 6) is -0.118. The fourth-order valence-corrected chi connectivity index (χ4v) is 3.01. The Morgan fingerprint density at radius 2 is 1.79 bits per heavy atom. The molecule has 0 radical (unpaired) electrons. The molecule has 0 fully saturated rings. The van der Waals surface area contributed by atoms with E-state index in [4.69, 9.17) is 0 Å². The lowest BCUT2D eigenvalue weighted by atomic mass is 10.1. The van der Waals surface area contributed by atoms with Gasteiger partial charge < -0.3 is 10.2 Å². The van der Waals surface area contributed by atoms with Crippen LogP contribution in [0.2, 0.25) is 0 Å². The third-order valence-corrected chi connectivity index (χ3v) is 3.90. The number of hydrogen-bond donors (Lipinski definition) is 2. The Bertz CT molecular complexity index is 609. The summed E-state index contributed by atoms with van der Waals surface area (Å²) in [6.45, 7) is 8.48. The van der Waals surface area contributed by atoms with Gasteiger partial charge in [0.15, 0.2) is 23.7 Å². The van der Waals surface area contributed by atoms with Crippen molar-refractivity contribution >= 4 is 22.7 Å². The van der Waals surface area contributed by atoms with Crippen LogP contribution < -0.4 is 4.57 Å². The van der Waals surface area contributed by atoms with Crippen molar-refractivity contribution < 1.29 is 14.8 Å². The molecule has 0 saturated carbocycles. The van der Waals surface area contributed by atoms with Crippen LogP contribution in [0.25, 0.3) is 10.9 Å². The van der Waals surface area contributed by atoms with Crippen LogP contribution in [-0.4, -0.2) is 15.5 Å². The zero-order chi connectivity index (χ0) is 14.2. The summed E-state index contributed by atoms with van der Waals surface area (Å²) in [5.41, 5.74) is 0.929. The first-order valence-electron chi connectivity index (χ1n) is 6.46. The van der Waals surface area contributed by atoms with E-state index in [2.05, 4.69) is 38.5 Å². The highest BCUT2D eigenvalue weighted by Gasteiger charge is 2.19. The summed E-state index contributed by atoms with van der Waals surface area (Å²) in [4.78, 5) is 1.09. The first-order chi connectivity index (χ1) is 8.90. The smallest absolute Gasteiger partial charge is 0.216 e. The van der Waals surface area contributed by atoms with Crippen LogP contribution in [0.5, 0.6) is 11.5 Å². The Labute approximate surface area is 117 Å². The van der Waals surface area contributed by atoms with Gasteiger partial charge in [0.05, 0.1) is 10.3 Å². The van der Waals surface area contributed by atoms with Crippen LogP contribution in [0.4, 0.5) is 0 Å². The number of phenols is 2. The Balaban J connectivity index is 2.72. The molecular formula is C15H20NO2S+. The van der Waals surface area contributed by atoms with E-state index in [1.807, 2.05) is 12.1 Å². The molecule has 0 aliphatic heterocycles. The molecule has 0 amide bonds. The fourth-order valence-electron chi connectivity index (χ4n) is 2.10. The molecule has 1 heterocycles. The van der Waals surface area contributed by atoms with Gasteiger partial charge in [-0.15, -0.1) is 11.8 Å². The number of thioether (sulfide) groups is 1. The minimum atomic E-state index is -0.0745. The van der Waals surface area contributed by atoms with Gasteiger partial charge >= 0.3 is 0 Å². The van der Waals surface area contributed by atoms with E-state index in [1.165, 1.54) is 6.07 Å². The predicted octanol–water partition coefficient (Wildman–Crippen LogP) is 3.62. The second-order valence-electron chi connectivity index (χ2n) is 5.21. The summed E-state index contributed by atoms with van der Waals surface area (Å²) in [6, 6.07) is 5.60. The summed E-state index contributed by atoms with van der Waals surface area (Å²) in [7, 11) is 0. The zero-order valence-electron chi connectivity index (χ0n) is 11.7. The van der Waals surface area contributed by atoms with Crippen molar-refractivity contribution in [1.82, 2.24) is 0 Å². The Morgan fingerprint density at radius 3 is 2.37 bits per heavy atom. The van der Waals surface area contributed by atoms with Crippen molar-refractivity contribution in [3.8, 4) is 11.5 Å². The van der Waals surface area contributed by atoms with Crippen molar-refractivity contribution in [1.29, 1.82) is 0 Å². The predicted molar refractivity (Wildman–Crippen MR) is 78.9 cm³/mol. The highest BCUT2D eigenvalue weighted by atomic mass is 32.2. The second-order valence-corrected chi connectivity index (χ2v) is 6.86. The quantitative estimate of drug-likeness (QED) is 0.512. The number of benzene rings is 1. The van der Waals surface area contributed by atoms with E-state index in [0.717, 1.165) is 10.4 Å². The molecule has 19 heavy (non-hydrogen) atoms. The van der Waals surface area contributed by atoms with Crippen LogP contribution in [0, 0.1) is 0 Å². The summed E-state index contributed by atoms with van der Waals surface area (Å²) < 4.78 is 2.12. The monoisotopic (exact) mass is 278 g/mol. The molecule has 0 saturated heterocycles. The van der Waals surface area contributed by atoms with Gasteiger partial charge in [-0.25, -0.2) is 0 Å². The largest absolute Gasteiger partial charge is 0.504 e. The minimum Gasteiger partial charge on any atom is -0.504 e. The topological polar surface area (TPSA) is 44.3 Å². The molecule has 0 atom stereocenters. The summed E-state index contributed by atoms with van der Waals surface area (Å²) >= 11 is 1.75. The summed E-state index contributed by atoms with van der Waals surface area (Å²) in [5, 5.41) is 20.9. The molecule has 0 aliphatic carbocycles. The molecule has 3 nitrogen and oxygen atoms in total. The third-order valence-electron chi connectivity index (χ3n) is 2.93. The van der Waals surface area contributed by atoms with Gasteiger partial charge in [-0.3, -0.25) is 0 Å². The van der Waals surface area contributed by atoms with E-state index in [9.17, 15) is 10.2 Å². The number of nitrogens with zero attached hydrogens (tertiary/aromatic N) is 1. The molecule has 0 unspecified atom stereocenters. The maximum Gasteiger partial charge on any atom is 0.216 e. The van der Waals surface area contributed by atoms with Crippen molar-refractivity contribution in [2.45, 2.75) is 43.9 Å². The number of pyridine rings is 1. The molecule has 4 heteroatoms. The minimum absolute atomic E-state index is 0.0434. The SMILES string of the molecule is CC(C)Sc1cc2c(O)c(O)ccc2[n+](C(C)C)c1. The van der Waals surface area contributed by atoms with Gasteiger partial charge in [0, 0.05) is 11.3 Å². The van der Waals surface area contributed by atoms with Crippen LogP contribution in [0.3, 0.4) is 0 Å². The Morgan fingerprint density at radius 1 is 1.11 bits per heavy atom. The van der Waals surface area contributed by atoms with Gasteiger partial charge in [0.1, 0.15) is 0 Å². The average molecular weight is 278 g/mol. The maximum atomic E-state index is 10.1. The van der Waals surface area contributed by atoms with Crippen LogP contribution in [-0.2, 0) is 0 Å². The van der Waals surface area contributed by atoms with Crippen LogP contribution in [0.15, 0.2) is 29.3 Å². The van der Waals surface area contributed by atoms with Gasteiger partial charge in [-0.05, 0) is 26.0 Å². The molecule has 1 aromatic heterocycles. The molecule has 1 aromatic carbocycles. The highest BCUT2D eigenvalue weighted by molar-refractivity contribution is 7.99. The van der Waals surface area contributed by atoms with Crippen molar-refractivity contribution in [2.24, 2.45) is 0 Å². The standard InChI is InChI=1S/C15H19NO2S/c1-9(2)16-8-11(19-10(3)4)7-12-13(16)5-6-14(17)15(12)18/h5-10,17H,1-4H3/p+1. The van der Waals surface area contributed by atoms with E-state index in [-0.39, 0.29) is 11.5 Å². The number of aromatic nitrogens is 1. The summed E-state index contributed by atoms with van der Waals surface area (Å²) in [6.07, 6.45) is 2.11. The van der Waals surface area contributed by atoms with E-state index >= 15 is 0 Å². The zero-order valence-corrected chi connectivity index (χ0v) is 12.5. The molecule has 102 valence electrons. The van der Waals surface area contributed by atoms with Gasteiger partial charge in [-0.1, -0.05) is 13.8 Å². The molecule has 0 aliphatic rings. The van der Waals surface area contributed by atoms with E-state index in [1.54, 1.807) is 11.8 Å². The van der Waals surface area contributed by atoms with Crippen molar-refractivity contribution in [3.05, 3.63) is 24.4 Å². The molecule has 2 N–H and O–H groups in total. The number of rotatable bonds is 3. The first-order valence-corrected chi connectivity index (χ1v) is 7.34. The van der Waals surface area contributed by atoms with Gasteiger partial charge in [0.2, 0.25) is 5.52 Å². The van der Waals surface area contributed by atoms with E-state index in [0.29, 0.717) is 16.7 Å². The molecule has 0 spiro atoms. The lowest BCUT2D eigenvalue weighted by Crippen LogP contribution is -2.36. The first kappa shape index (κ1) is 14.0. The van der Waals surface area contributed by atoms with Gasteiger partial charge in [0.25, 0.3) is 0 Å². The number of fused-ring (bicyclic) bond motifs is 1. The molecule has 2 aromatic rings.